The highest BCUT2D eigenvalue weighted by molar-refractivity contribution is 7.89. The number of aryl methyl sites for hydroxylation is 1. The number of hydrogen-bond donors (Lipinski definition) is 3. The Hall–Kier alpha value is -1.55. The molecular formula is C12H19N3O5S. The number of nitro groups is 1. The first-order chi connectivity index (χ1) is 9.74. The Morgan fingerprint density at radius 1 is 1.38 bits per heavy atom. The lowest BCUT2D eigenvalue weighted by Crippen LogP contribution is -2.34. The van der Waals surface area contributed by atoms with E-state index in [0.29, 0.717) is 18.7 Å². The molecule has 3 N–H and O–H groups in total. The minimum atomic E-state index is -3.80. The molecule has 0 aromatic heterocycles. The van der Waals surface area contributed by atoms with Crippen LogP contribution >= 0.6 is 0 Å². The standard InChI is InChI=1S/C12H19N3O5S/c1-9-3-4-11(15(17)18)7-12(9)21(19,20)14-6-5-13-8-10(2)16/h3-4,7,10,13-14,16H,5-6,8H2,1-2H3. The molecule has 0 spiro atoms. The molecule has 0 heterocycles. The van der Waals surface area contributed by atoms with Crippen molar-refractivity contribution in [2.24, 2.45) is 0 Å². The molecule has 8 nitrogen and oxygen atoms in total. The average molecular weight is 317 g/mol. The van der Waals surface area contributed by atoms with Crippen molar-refractivity contribution in [3.63, 3.8) is 0 Å². The Balaban J connectivity index is 2.74. The van der Waals surface area contributed by atoms with E-state index in [2.05, 4.69) is 10.0 Å². The van der Waals surface area contributed by atoms with Crippen molar-refractivity contribution in [2.45, 2.75) is 24.8 Å². The quantitative estimate of drug-likeness (QED) is 0.356. The Labute approximate surface area is 123 Å². The minimum absolute atomic E-state index is 0.104. The van der Waals surface area contributed by atoms with E-state index in [1.54, 1.807) is 13.8 Å². The molecule has 0 radical (unpaired) electrons. The zero-order chi connectivity index (χ0) is 16.0. The maximum atomic E-state index is 12.1. The van der Waals surface area contributed by atoms with Gasteiger partial charge in [-0.2, -0.15) is 0 Å². The molecule has 1 aromatic carbocycles. The number of non-ortho nitro benzene ring substituents is 1. The molecule has 0 aliphatic heterocycles. The molecule has 21 heavy (non-hydrogen) atoms. The number of sulfonamides is 1. The van der Waals surface area contributed by atoms with Gasteiger partial charge < -0.3 is 10.4 Å². The zero-order valence-electron chi connectivity index (χ0n) is 11.9. The number of aliphatic hydroxyl groups excluding tert-OH is 1. The summed E-state index contributed by atoms with van der Waals surface area (Å²) in [7, 11) is -3.80. The van der Waals surface area contributed by atoms with E-state index in [1.807, 2.05) is 0 Å². The zero-order valence-corrected chi connectivity index (χ0v) is 12.7. The summed E-state index contributed by atoms with van der Waals surface area (Å²) in [6, 6.07) is 3.71. The molecule has 1 unspecified atom stereocenters. The fourth-order valence-electron chi connectivity index (χ4n) is 1.65. The van der Waals surface area contributed by atoms with E-state index < -0.39 is 21.1 Å². The van der Waals surface area contributed by atoms with Crippen molar-refractivity contribution in [3.05, 3.63) is 33.9 Å². The second kappa shape index (κ2) is 7.46. The summed E-state index contributed by atoms with van der Waals surface area (Å²) in [5.74, 6) is 0. The maximum Gasteiger partial charge on any atom is 0.270 e. The molecule has 0 amide bonds. The molecule has 0 saturated heterocycles. The van der Waals surface area contributed by atoms with Crippen LogP contribution in [0, 0.1) is 17.0 Å². The van der Waals surface area contributed by atoms with Gasteiger partial charge in [0.05, 0.1) is 15.9 Å². The summed E-state index contributed by atoms with van der Waals surface area (Å²) in [6.45, 7) is 4.01. The lowest BCUT2D eigenvalue weighted by molar-refractivity contribution is -0.385. The van der Waals surface area contributed by atoms with Crippen molar-refractivity contribution in [2.75, 3.05) is 19.6 Å². The molecule has 0 fully saturated rings. The molecule has 0 aliphatic carbocycles. The number of hydrogen-bond acceptors (Lipinski definition) is 6. The van der Waals surface area contributed by atoms with Crippen LogP contribution in [0.3, 0.4) is 0 Å². The van der Waals surface area contributed by atoms with Gasteiger partial charge in [-0.05, 0) is 19.4 Å². The lowest BCUT2D eigenvalue weighted by atomic mass is 10.2. The van der Waals surface area contributed by atoms with Crippen LogP contribution < -0.4 is 10.0 Å². The van der Waals surface area contributed by atoms with E-state index in [9.17, 15) is 18.5 Å². The van der Waals surface area contributed by atoms with Crippen LogP contribution in [0.25, 0.3) is 0 Å². The average Bonchev–Trinajstić information content (AvgIpc) is 2.37. The highest BCUT2D eigenvalue weighted by Crippen LogP contribution is 2.21. The topological polar surface area (TPSA) is 122 Å². The predicted octanol–water partition coefficient (Wildman–Crippen LogP) is 0.152. The lowest BCUT2D eigenvalue weighted by Gasteiger charge is -2.10. The molecule has 118 valence electrons. The summed E-state index contributed by atoms with van der Waals surface area (Å²) >= 11 is 0. The normalized spacial score (nSPS) is 13.1. The van der Waals surface area contributed by atoms with Gasteiger partial charge in [0.25, 0.3) is 5.69 Å². The first-order valence-corrected chi connectivity index (χ1v) is 7.86. The number of nitrogens with one attached hydrogen (secondary N) is 2. The molecule has 1 atom stereocenters. The van der Waals surface area contributed by atoms with Gasteiger partial charge in [0.15, 0.2) is 0 Å². The second-order valence-corrected chi connectivity index (χ2v) is 6.39. The first kappa shape index (κ1) is 17.5. The van der Waals surface area contributed by atoms with Crippen LogP contribution in [0.5, 0.6) is 0 Å². The molecule has 9 heteroatoms. The Kier molecular flexibility index (Phi) is 6.21. The number of rotatable bonds is 8. The molecule has 0 bridgehead atoms. The van der Waals surface area contributed by atoms with Gasteiger partial charge in [0, 0.05) is 31.8 Å². The van der Waals surface area contributed by atoms with Gasteiger partial charge >= 0.3 is 0 Å². The van der Waals surface area contributed by atoms with Gasteiger partial charge in [-0.25, -0.2) is 13.1 Å². The number of aliphatic hydroxyl groups is 1. The van der Waals surface area contributed by atoms with Crippen LogP contribution in [-0.2, 0) is 10.0 Å². The van der Waals surface area contributed by atoms with Crippen molar-refractivity contribution in [1.82, 2.24) is 10.0 Å². The summed E-state index contributed by atoms with van der Waals surface area (Å²) in [5.41, 5.74) is 0.165. The molecule has 0 aliphatic rings. The highest BCUT2D eigenvalue weighted by Gasteiger charge is 2.19. The largest absolute Gasteiger partial charge is 0.392 e. The molecule has 1 aromatic rings. The Bertz CT molecular complexity index is 601. The van der Waals surface area contributed by atoms with Gasteiger partial charge in [-0.1, -0.05) is 6.07 Å². The van der Waals surface area contributed by atoms with Crippen molar-refractivity contribution >= 4 is 15.7 Å². The Morgan fingerprint density at radius 2 is 2.05 bits per heavy atom. The monoisotopic (exact) mass is 317 g/mol. The smallest absolute Gasteiger partial charge is 0.270 e. The van der Waals surface area contributed by atoms with Crippen LogP contribution in [0.4, 0.5) is 5.69 Å². The second-order valence-electron chi connectivity index (χ2n) is 4.66. The van der Waals surface area contributed by atoms with E-state index in [-0.39, 0.29) is 17.1 Å². The summed E-state index contributed by atoms with van der Waals surface area (Å²) < 4.78 is 26.6. The number of nitro benzene ring substituents is 1. The van der Waals surface area contributed by atoms with E-state index in [1.165, 1.54) is 12.1 Å². The molecule has 1 rings (SSSR count). The fourth-order valence-corrected chi connectivity index (χ4v) is 2.95. The highest BCUT2D eigenvalue weighted by atomic mass is 32.2. The van der Waals surface area contributed by atoms with E-state index >= 15 is 0 Å². The molecular weight excluding hydrogens is 298 g/mol. The molecule has 0 saturated carbocycles. The Morgan fingerprint density at radius 3 is 2.62 bits per heavy atom. The summed E-state index contributed by atoms with van der Waals surface area (Å²) in [5, 5.41) is 22.6. The van der Waals surface area contributed by atoms with Crippen LogP contribution in [0.15, 0.2) is 23.1 Å². The van der Waals surface area contributed by atoms with Crippen molar-refractivity contribution in [1.29, 1.82) is 0 Å². The third-order valence-corrected chi connectivity index (χ3v) is 4.31. The first-order valence-electron chi connectivity index (χ1n) is 6.37. The van der Waals surface area contributed by atoms with Crippen LogP contribution in [-0.4, -0.2) is 44.2 Å². The van der Waals surface area contributed by atoms with E-state index in [0.717, 1.165) is 6.07 Å². The van der Waals surface area contributed by atoms with Gasteiger partial charge in [-0.15, -0.1) is 0 Å². The third-order valence-electron chi connectivity index (χ3n) is 2.71. The number of benzene rings is 1. The van der Waals surface area contributed by atoms with Crippen molar-refractivity contribution < 1.29 is 18.4 Å². The third kappa shape index (κ3) is 5.38. The van der Waals surface area contributed by atoms with E-state index in [4.69, 9.17) is 5.11 Å². The fraction of sp³-hybridized carbons (Fsp3) is 0.500. The van der Waals surface area contributed by atoms with Crippen molar-refractivity contribution in [3.8, 4) is 0 Å². The maximum absolute atomic E-state index is 12.1. The van der Waals surface area contributed by atoms with Crippen LogP contribution in [0.1, 0.15) is 12.5 Å². The SMILES string of the molecule is Cc1ccc([N+](=O)[O-])cc1S(=O)(=O)NCCNCC(C)O. The van der Waals surface area contributed by atoms with Gasteiger partial charge in [0.2, 0.25) is 10.0 Å². The van der Waals surface area contributed by atoms with Gasteiger partial charge in [-0.3, -0.25) is 10.1 Å². The summed E-state index contributed by atoms with van der Waals surface area (Å²) in [4.78, 5) is 9.97. The minimum Gasteiger partial charge on any atom is -0.392 e. The summed E-state index contributed by atoms with van der Waals surface area (Å²) in [6.07, 6.45) is -0.513. The number of nitrogens with zero attached hydrogens (tertiary/aromatic N) is 1. The van der Waals surface area contributed by atoms with Gasteiger partial charge in [0.1, 0.15) is 0 Å². The van der Waals surface area contributed by atoms with Crippen LogP contribution in [0.2, 0.25) is 0 Å². The predicted molar refractivity (Wildman–Crippen MR) is 77.6 cm³/mol.